The Kier molecular flexibility index (Phi) is 4.79. The van der Waals surface area contributed by atoms with E-state index < -0.39 is 0 Å². The molecular formula is C16H25NO. The molecule has 18 heavy (non-hydrogen) atoms. The summed E-state index contributed by atoms with van der Waals surface area (Å²) in [4.78, 5) is 0. The lowest BCUT2D eigenvalue weighted by atomic mass is 10.0. The van der Waals surface area contributed by atoms with Gasteiger partial charge in [-0.1, -0.05) is 36.8 Å². The fraction of sp³-hybridized carbons (Fsp3) is 0.625. The van der Waals surface area contributed by atoms with Crippen LogP contribution < -0.4 is 5.32 Å². The van der Waals surface area contributed by atoms with E-state index in [1.807, 2.05) is 0 Å². The Labute approximate surface area is 111 Å². The van der Waals surface area contributed by atoms with Crippen molar-refractivity contribution in [3.63, 3.8) is 0 Å². The first-order valence-corrected chi connectivity index (χ1v) is 6.99. The Morgan fingerprint density at radius 3 is 2.50 bits per heavy atom. The lowest BCUT2D eigenvalue weighted by molar-refractivity contribution is 0.156. The van der Waals surface area contributed by atoms with Gasteiger partial charge in [-0.3, -0.25) is 0 Å². The lowest BCUT2D eigenvalue weighted by Crippen LogP contribution is -2.29. The van der Waals surface area contributed by atoms with Crippen LogP contribution >= 0.6 is 0 Å². The van der Waals surface area contributed by atoms with Crippen molar-refractivity contribution in [2.75, 3.05) is 20.3 Å². The summed E-state index contributed by atoms with van der Waals surface area (Å²) in [6, 6.07) is 9.50. The first-order chi connectivity index (χ1) is 8.70. The molecule has 0 spiro atoms. The SMILES string of the molecule is COCC(C)CNC(c1ccc(C)cc1)C1CC1. The quantitative estimate of drug-likeness (QED) is 0.798. The van der Waals surface area contributed by atoms with E-state index in [-0.39, 0.29) is 0 Å². The number of rotatable bonds is 7. The molecule has 1 aliphatic carbocycles. The molecule has 0 bridgehead atoms. The lowest BCUT2D eigenvalue weighted by Gasteiger charge is -2.21. The Bertz CT molecular complexity index is 356. The Hall–Kier alpha value is -0.860. The van der Waals surface area contributed by atoms with E-state index in [1.54, 1.807) is 7.11 Å². The van der Waals surface area contributed by atoms with E-state index in [2.05, 4.69) is 43.4 Å². The molecule has 0 amide bonds. The van der Waals surface area contributed by atoms with Crippen molar-refractivity contribution in [1.29, 1.82) is 0 Å². The van der Waals surface area contributed by atoms with Crippen LogP contribution in [0.4, 0.5) is 0 Å². The molecule has 2 heteroatoms. The average Bonchev–Trinajstić information content (AvgIpc) is 3.16. The summed E-state index contributed by atoms with van der Waals surface area (Å²) in [6.07, 6.45) is 2.73. The maximum absolute atomic E-state index is 5.19. The van der Waals surface area contributed by atoms with Crippen LogP contribution in [0.25, 0.3) is 0 Å². The van der Waals surface area contributed by atoms with E-state index in [0.29, 0.717) is 12.0 Å². The van der Waals surface area contributed by atoms with Gasteiger partial charge in [-0.05, 0) is 37.2 Å². The maximum Gasteiger partial charge on any atom is 0.0499 e. The van der Waals surface area contributed by atoms with E-state index in [0.717, 1.165) is 19.1 Å². The first kappa shape index (κ1) is 13.6. The third kappa shape index (κ3) is 3.82. The fourth-order valence-corrected chi connectivity index (χ4v) is 2.43. The molecule has 0 radical (unpaired) electrons. The molecule has 1 fully saturated rings. The van der Waals surface area contributed by atoms with Gasteiger partial charge >= 0.3 is 0 Å². The standard InChI is InChI=1S/C16H25NO/c1-12-4-6-14(7-5-12)16(15-8-9-15)17-10-13(2)11-18-3/h4-7,13,15-17H,8-11H2,1-3H3. The topological polar surface area (TPSA) is 21.3 Å². The van der Waals surface area contributed by atoms with Gasteiger partial charge in [0, 0.05) is 26.3 Å². The molecule has 0 aromatic heterocycles. The second-order valence-corrected chi connectivity index (χ2v) is 5.69. The van der Waals surface area contributed by atoms with Gasteiger partial charge in [-0.2, -0.15) is 0 Å². The molecule has 0 aliphatic heterocycles. The zero-order valence-corrected chi connectivity index (χ0v) is 11.8. The monoisotopic (exact) mass is 247 g/mol. The summed E-state index contributed by atoms with van der Waals surface area (Å²) in [7, 11) is 1.77. The minimum absolute atomic E-state index is 0.532. The molecule has 2 atom stereocenters. The van der Waals surface area contributed by atoms with Gasteiger partial charge in [0.1, 0.15) is 0 Å². The van der Waals surface area contributed by atoms with Crippen molar-refractivity contribution < 1.29 is 4.74 Å². The van der Waals surface area contributed by atoms with E-state index in [1.165, 1.54) is 24.0 Å². The second-order valence-electron chi connectivity index (χ2n) is 5.69. The summed E-state index contributed by atoms with van der Waals surface area (Å²) in [5.74, 6) is 1.41. The number of benzene rings is 1. The van der Waals surface area contributed by atoms with Gasteiger partial charge in [0.25, 0.3) is 0 Å². The summed E-state index contributed by atoms with van der Waals surface area (Å²) < 4.78 is 5.19. The van der Waals surface area contributed by atoms with Gasteiger partial charge < -0.3 is 10.1 Å². The molecule has 1 aromatic carbocycles. The van der Waals surface area contributed by atoms with E-state index >= 15 is 0 Å². The molecule has 1 saturated carbocycles. The number of hydrogen-bond acceptors (Lipinski definition) is 2. The summed E-state index contributed by atoms with van der Waals surface area (Å²) in [5, 5.41) is 3.72. The highest BCUT2D eigenvalue weighted by atomic mass is 16.5. The zero-order valence-electron chi connectivity index (χ0n) is 11.8. The molecule has 1 aromatic rings. The van der Waals surface area contributed by atoms with Crippen LogP contribution in [0.3, 0.4) is 0 Å². The van der Waals surface area contributed by atoms with Crippen molar-refractivity contribution in [2.45, 2.75) is 32.7 Å². The average molecular weight is 247 g/mol. The molecule has 0 saturated heterocycles. The maximum atomic E-state index is 5.19. The highest BCUT2D eigenvalue weighted by Crippen LogP contribution is 2.41. The smallest absolute Gasteiger partial charge is 0.0499 e. The van der Waals surface area contributed by atoms with Gasteiger partial charge in [-0.25, -0.2) is 0 Å². The molecule has 2 nitrogen and oxygen atoms in total. The minimum Gasteiger partial charge on any atom is -0.384 e. The van der Waals surface area contributed by atoms with E-state index in [4.69, 9.17) is 4.74 Å². The number of aryl methyl sites for hydroxylation is 1. The third-order valence-electron chi connectivity index (χ3n) is 3.67. The van der Waals surface area contributed by atoms with Crippen molar-refractivity contribution >= 4 is 0 Å². The van der Waals surface area contributed by atoms with Crippen LogP contribution in [0.2, 0.25) is 0 Å². The Morgan fingerprint density at radius 1 is 1.28 bits per heavy atom. The molecular weight excluding hydrogens is 222 g/mol. The minimum atomic E-state index is 0.532. The normalized spacial score (nSPS) is 18.6. The highest BCUT2D eigenvalue weighted by Gasteiger charge is 2.32. The van der Waals surface area contributed by atoms with Crippen molar-refractivity contribution in [1.82, 2.24) is 5.32 Å². The van der Waals surface area contributed by atoms with Gasteiger partial charge in [-0.15, -0.1) is 0 Å². The fourth-order valence-electron chi connectivity index (χ4n) is 2.43. The zero-order chi connectivity index (χ0) is 13.0. The van der Waals surface area contributed by atoms with Crippen molar-refractivity contribution in [2.24, 2.45) is 11.8 Å². The number of hydrogen-bond donors (Lipinski definition) is 1. The Morgan fingerprint density at radius 2 is 1.94 bits per heavy atom. The molecule has 2 unspecified atom stereocenters. The summed E-state index contributed by atoms with van der Waals surface area (Å²) in [6.45, 7) is 6.24. The molecule has 100 valence electrons. The molecule has 1 aliphatic rings. The molecule has 1 N–H and O–H groups in total. The van der Waals surface area contributed by atoms with Gasteiger partial charge in [0.15, 0.2) is 0 Å². The van der Waals surface area contributed by atoms with Crippen LogP contribution in [0.15, 0.2) is 24.3 Å². The van der Waals surface area contributed by atoms with Crippen molar-refractivity contribution in [3.8, 4) is 0 Å². The van der Waals surface area contributed by atoms with Crippen molar-refractivity contribution in [3.05, 3.63) is 35.4 Å². The van der Waals surface area contributed by atoms with Gasteiger partial charge in [0.05, 0.1) is 0 Å². The van der Waals surface area contributed by atoms with E-state index in [9.17, 15) is 0 Å². The number of nitrogens with one attached hydrogen (secondary N) is 1. The highest BCUT2D eigenvalue weighted by molar-refractivity contribution is 5.25. The second kappa shape index (κ2) is 6.35. The van der Waals surface area contributed by atoms with Crippen LogP contribution in [0.5, 0.6) is 0 Å². The number of methoxy groups -OCH3 is 1. The van der Waals surface area contributed by atoms with Crippen LogP contribution in [-0.4, -0.2) is 20.3 Å². The summed E-state index contributed by atoms with van der Waals surface area (Å²) in [5.41, 5.74) is 2.77. The number of ether oxygens (including phenoxy) is 1. The third-order valence-corrected chi connectivity index (χ3v) is 3.67. The molecule has 2 rings (SSSR count). The van der Waals surface area contributed by atoms with Crippen LogP contribution in [0, 0.1) is 18.8 Å². The Balaban J connectivity index is 1.94. The first-order valence-electron chi connectivity index (χ1n) is 6.99. The largest absolute Gasteiger partial charge is 0.384 e. The van der Waals surface area contributed by atoms with Crippen LogP contribution in [-0.2, 0) is 4.74 Å². The predicted octanol–water partition coefficient (Wildman–Crippen LogP) is 3.32. The summed E-state index contributed by atoms with van der Waals surface area (Å²) >= 11 is 0. The predicted molar refractivity (Wildman–Crippen MR) is 75.7 cm³/mol. The van der Waals surface area contributed by atoms with Crippen LogP contribution in [0.1, 0.15) is 36.9 Å². The van der Waals surface area contributed by atoms with Gasteiger partial charge in [0.2, 0.25) is 0 Å². The molecule has 0 heterocycles.